The zero-order valence-electron chi connectivity index (χ0n) is 19.2. The molecule has 10 heteroatoms. The number of piperazine rings is 1. The molecule has 2 heterocycles. The second-order valence-electron chi connectivity index (χ2n) is 8.95. The largest absolute Gasteiger partial charge is 0.334 e. The number of carbonyl (C=O) groups excluding carboxylic acids is 3. The number of benzene rings is 1. The first-order chi connectivity index (χ1) is 15.9. The quantitative estimate of drug-likeness (QED) is 0.680. The molecule has 0 unspecified atom stereocenters. The smallest absolute Gasteiger partial charge is 0.334 e. The second kappa shape index (κ2) is 10.3. The Morgan fingerprint density at radius 2 is 1.88 bits per heavy atom. The Bertz CT molecular complexity index is 879. The number of likely N-dealkylation sites (N-methyl/N-ethyl adjacent to an activating group) is 1. The van der Waals surface area contributed by atoms with E-state index in [1.807, 2.05) is 11.2 Å². The zero-order valence-corrected chi connectivity index (χ0v) is 20.0. The number of rotatable bonds is 6. The van der Waals surface area contributed by atoms with Gasteiger partial charge in [-0.15, -0.1) is 0 Å². The summed E-state index contributed by atoms with van der Waals surface area (Å²) in [5, 5.41) is 6.11. The molecule has 1 N–H and O–H groups in total. The van der Waals surface area contributed by atoms with Gasteiger partial charge in [-0.05, 0) is 49.0 Å². The van der Waals surface area contributed by atoms with Crippen LogP contribution in [0.15, 0.2) is 24.3 Å². The molecule has 0 spiro atoms. The lowest BCUT2D eigenvalue weighted by molar-refractivity contribution is -0.189. The van der Waals surface area contributed by atoms with E-state index in [1.165, 1.54) is 12.1 Å². The molecule has 0 aromatic heterocycles. The molecule has 1 aromatic rings. The van der Waals surface area contributed by atoms with Gasteiger partial charge in [0, 0.05) is 19.6 Å². The fourth-order valence-electron chi connectivity index (χ4n) is 5.18. The van der Waals surface area contributed by atoms with Crippen LogP contribution < -0.4 is 5.32 Å². The van der Waals surface area contributed by atoms with Crippen LogP contribution in [-0.2, 0) is 16.1 Å². The summed E-state index contributed by atoms with van der Waals surface area (Å²) < 4.78 is 13.2. The van der Waals surface area contributed by atoms with Crippen molar-refractivity contribution in [3.05, 3.63) is 35.6 Å². The van der Waals surface area contributed by atoms with Gasteiger partial charge in [0.25, 0.3) is 0 Å². The maximum atomic E-state index is 13.5. The lowest BCUT2D eigenvalue weighted by Gasteiger charge is -2.55. The van der Waals surface area contributed by atoms with Gasteiger partial charge in [0.1, 0.15) is 18.0 Å². The van der Waals surface area contributed by atoms with Gasteiger partial charge in [0.05, 0.1) is 13.1 Å². The molecule has 2 atom stereocenters. The number of carbonyl (C=O) groups is 3. The van der Waals surface area contributed by atoms with E-state index in [2.05, 4.69) is 5.32 Å². The van der Waals surface area contributed by atoms with Crippen LogP contribution in [0.1, 0.15) is 37.7 Å². The predicted octanol–water partition coefficient (Wildman–Crippen LogP) is 2.26. The lowest BCUT2D eigenvalue weighted by atomic mass is 10.0. The molecule has 33 heavy (non-hydrogen) atoms. The van der Waals surface area contributed by atoms with Gasteiger partial charge < -0.3 is 15.1 Å². The average Bonchev–Trinajstić information content (AvgIpc) is 3.32. The van der Waals surface area contributed by atoms with Crippen molar-refractivity contribution in [2.24, 2.45) is 0 Å². The minimum absolute atomic E-state index is 0.0109. The van der Waals surface area contributed by atoms with E-state index >= 15 is 0 Å². The molecule has 1 saturated carbocycles. The monoisotopic (exact) mass is 477 g/mol. The summed E-state index contributed by atoms with van der Waals surface area (Å²) >= 11 is 1.65. The molecule has 8 nitrogen and oxygen atoms in total. The molecule has 3 fully saturated rings. The summed E-state index contributed by atoms with van der Waals surface area (Å²) in [5.41, 5.74) is 0.779. The maximum Gasteiger partial charge on any atom is 0.334 e. The molecule has 0 bridgehead atoms. The lowest BCUT2D eigenvalue weighted by Crippen LogP contribution is -2.76. The van der Waals surface area contributed by atoms with Crippen LogP contribution in [0.5, 0.6) is 0 Å². The minimum Gasteiger partial charge on any atom is -0.334 e. The Kier molecular flexibility index (Phi) is 7.43. The number of nitrogens with zero attached hydrogens (tertiary/aromatic N) is 4. The summed E-state index contributed by atoms with van der Waals surface area (Å²) in [5.74, 6) is 0.315. The van der Waals surface area contributed by atoms with Gasteiger partial charge in [-0.1, -0.05) is 25.0 Å². The molecule has 4 rings (SSSR count). The van der Waals surface area contributed by atoms with Gasteiger partial charge in [0.2, 0.25) is 11.8 Å². The number of fused-ring (bicyclic) bond motifs is 1. The number of nitrogens with one attached hydrogen (secondary N) is 1. The van der Waals surface area contributed by atoms with E-state index in [4.69, 9.17) is 0 Å². The normalized spacial score (nSPS) is 24.4. The first kappa shape index (κ1) is 23.8. The van der Waals surface area contributed by atoms with E-state index in [-0.39, 0.29) is 42.8 Å². The Balaban J connectivity index is 1.57. The van der Waals surface area contributed by atoms with E-state index in [0.717, 1.165) is 37.0 Å². The number of hydrogen-bond donors (Lipinski definition) is 1. The van der Waals surface area contributed by atoms with Crippen LogP contribution >= 0.6 is 11.8 Å². The fourth-order valence-corrected chi connectivity index (χ4v) is 5.64. The standard InChI is InChI=1S/C23H32FN5O3S/c1-26-15-21(30)28-19(11-12-33-2)22(31)27(18-5-3-4-6-18)14-20(28)29(26)23(32)25-13-16-7-9-17(24)10-8-16/h7-10,18-20H,3-6,11-15H2,1-2H3,(H,25,32)/t19-,20-/m0/s1. The van der Waals surface area contributed by atoms with Crippen molar-refractivity contribution in [2.75, 3.05) is 32.1 Å². The Morgan fingerprint density at radius 3 is 2.55 bits per heavy atom. The van der Waals surface area contributed by atoms with E-state index < -0.39 is 12.2 Å². The molecule has 1 aromatic carbocycles. The van der Waals surface area contributed by atoms with Crippen molar-refractivity contribution < 1.29 is 18.8 Å². The second-order valence-corrected chi connectivity index (χ2v) is 9.94. The highest BCUT2D eigenvalue weighted by Gasteiger charge is 2.51. The van der Waals surface area contributed by atoms with Crippen LogP contribution in [0.2, 0.25) is 0 Å². The number of thioether (sulfide) groups is 1. The van der Waals surface area contributed by atoms with Crippen molar-refractivity contribution in [3.63, 3.8) is 0 Å². The third-order valence-corrected chi connectivity index (χ3v) is 7.46. The number of hydrogen-bond acceptors (Lipinski definition) is 5. The van der Waals surface area contributed by atoms with Gasteiger partial charge in [0.15, 0.2) is 0 Å². The number of amides is 4. The minimum atomic E-state index is -0.551. The third-order valence-electron chi connectivity index (χ3n) is 6.81. The molecule has 3 aliphatic rings. The molecule has 180 valence electrons. The van der Waals surface area contributed by atoms with Crippen molar-refractivity contribution in [1.82, 2.24) is 25.1 Å². The van der Waals surface area contributed by atoms with Crippen molar-refractivity contribution >= 4 is 29.6 Å². The van der Waals surface area contributed by atoms with Crippen molar-refractivity contribution in [2.45, 2.75) is 56.9 Å². The highest BCUT2D eigenvalue weighted by Crippen LogP contribution is 2.32. The molecule has 2 saturated heterocycles. The van der Waals surface area contributed by atoms with Crippen LogP contribution in [0.3, 0.4) is 0 Å². The van der Waals surface area contributed by atoms with Gasteiger partial charge >= 0.3 is 6.03 Å². The molecule has 4 amide bonds. The third kappa shape index (κ3) is 4.96. The summed E-state index contributed by atoms with van der Waals surface area (Å²) in [6, 6.07) is 5.26. The van der Waals surface area contributed by atoms with E-state index in [0.29, 0.717) is 13.0 Å². The molecular weight excluding hydrogens is 445 g/mol. The van der Waals surface area contributed by atoms with Crippen molar-refractivity contribution in [3.8, 4) is 0 Å². The van der Waals surface area contributed by atoms with Crippen LogP contribution in [-0.4, -0.2) is 88.1 Å². The average molecular weight is 478 g/mol. The van der Waals surface area contributed by atoms with Crippen LogP contribution in [0, 0.1) is 5.82 Å². The number of hydrazine groups is 1. The Hall–Kier alpha value is -2.33. The SMILES string of the molecule is CSCC[C@H]1C(=O)N(C2CCCC2)C[C@H]2N1C(=O)CN(C)N2C(=O)NCc1ccc(F)cc1. The Morgan fingerprint density at radius 1 is 1.18 bits per heavy atom. The molecule has 1 aliphatic carbocycles. The van der Waals surface area contributed by atoms with E-state index in [1.54, 1.807) is 45.9 Å². The zero-order chi connectivity index (χ0) is 23.5. The summed E-state index contributed by atoms with van der Waals surface area (Å²) in [6.45, 7) is 0.595. The van der Waals surface area contributed by atoms with E-state index in [9.17, 15) is 18.8 Å². The number of halogens is 1. The molecule has 0 radical (unpaired) electrons. The highest BCUT2D eigenvalue weighted by atomic mass is 32.2. The molecule has 2 aliphatic heterocycles. The molecular formula is C23H32FN5O3S. The van der Waals surface area contributed by atoms with Gasteiger partial charge in [-0.3, -0.25) is 9.59 Å². The number of urea groups is 1. The first-order valence-electron chi connectivity index (χ1n) is 11.5. The topological polar surface area (TPSA) is 76.2 Å². The van der Waals surface area contributed by atoms with Crippen molar-refractivity contribution in [1.29, 1.82) is 0 Å². The maximum absolute atomic E-state index is 13.5. The summed E-state index contributed by atoms with van der Waals surface area (Å²) in [6.07, 6.45) is 6.14. The van der Waals surface area contributed by atoms with Crippen LogP contribution in [0.25, 0.3) is 0 Å². The summed E-state index contributed by atoms with van der Waals surface area (Å²) in [7, 11) is 1.72. The summed E-state index contributed by atoms with van der Waals surface area (Å²) in [4.78, 5) is 43.4. The van der Waals surface area contributed by atoms with Gasteiger partial charge in [-0.2, -0.15) is 11.8 Å². The predicted molar refractivity (Wildman–Crippen MR) is 124 cm³/mol. The first-order valence-corrected chi connectivity index (χ1v) is 12.9. The van der Waals surface area contributed by atoms with Gasteiger partial charge in [-0.25, -0.2) is 19.2 Å². The van der Waals surface area contributed by atoms with Crippen LogP contribution in [0.4, 0.5) is 9.18 Å². The highest BCUT2D eigenvalue weighted by molar-refractivity contribution is 7.98. The fraction of sp³-hybridized carbons (Fsp3) is 0.609. The Labute approximate surface area is 198 Å².